The van der Waals surface area contributed by atoms with Crippen molar-refractivity contribution in [3.8, 4) is 0 Å². The van der Waals surface area contributed by atoms with Crippen LogP contribution >= 0.6 is 11.8 Å². The standard InChI is InChI=1S/C16H19NO4S.C2H6O.C2H6/c1-21-16(20)11-2-6-13(7-3-11)22-14-8-4-12(5-9-14)17-15(19)10-18;1-3-2;1-2/h4-5,8-11,13H,2-3,6-7H2,1H3,(H,17,19);1-2H3;1-2H3. The Morgan fingerprint density at radius 3 is 2.00 bits per heavy atom. The molecule has 0 atom stereocenters. The molecule has 152 valence electrons. The van der Waals surface area contributed by atoms with Gasteiger partial charge in [-0.15, -0.1) is 11.8 Å². The van der Waals surface area contributed by atoms with Crippen LogP contribution < -0.4 is 5.32 Å². The first-order valence-corrected chi connectivity index (χ1v) is 9.92. The molecule has 0 saturated heterocycles. The molecule has 1 aromatic carbocycles. The van der Waals surface area contributed by atoms with Crippen LogP contribution in [0.5, 0.6) is 0 Å². The third-order valence-corrected chi connectivity index (χ3v) is 5.09. The second-order valence-electron chi connectivity index (χ2n) is 5.65. The first kappa shape index (κ1) is 25.1. The van der Waals surface area contributed by atoms with E-state index in [1.807, 2.05) is 26.0 Å². The van der Waals surface area contributed by atoms with Crippen LogP contribution in [-0.4, -0.2) is 44.7 Å². The number of aldehydes is 1. The first-order valence-electron chi connectivity index (χ1n) is 9.04. The van der Waals surface area contributed by atoms with Crippen LogP contribution in [0.2, 0.25) is 0 Å². The molecule has 0 unspecified atom stereocenters. The lowest BCUT2D eigenvalue weighted by Crippen LogP contribution is -2.23. The van der Waals surface area contributed by atoms with E-state index in [4.69, 9.17) is 4.74 Å². The molecule has 1 saturated carbocycles. The second kappa shape index (κ2) is 15.2. The van der Waals surface area contributed by atoms with Gasteiger partial charge in [0.1, 0.15) is 0 Å². The molecule has 1 aliphatic rings. The lowest BCUT2D eigenvalue weighted by Gasteiger charge is -2.26. The fourth-order valence-corrected chi connectivity index (χ4v) is 3.75. The van der Waals surface area contributed by atoms with Crippen molar-refractivity contribution in [2.24, 2.45) is 5.92 Å². The van der Waals surface area contributed by atoms with Crippen LogP contribution in [0.1, 0.15) is 39.5 Å². The molecule has 1 amide bonds. The zero-order chi connectivity index (χ0) is 20.7. The highest BCUT2D eigenvalue weighted by Gasteiger charge is 2.27. The van der Waals surface area contributed by atoms with Crippen molar-refractivity contribution in [2.75, 3.05) is 26.6 Å². The van der Waals surface area contributed by atoms with Gasteiger partial charge in [0.15, 0.2) is 0 Å². The predicted octanol–water partition coefficient (Wildman–Crippen LogP) is 3.94. The molecule has 0 aromatic heterocycles. The summed E-state index contributed by atoms with van der Waals surface area (Å²) in [5.41, 5.74) is 0.607. The predicted molar refractivity (Wildman–Crippen MR) is 109 cm³/mol. The summed E-state index contributed by atoms with van der Waals surface area (Å²) in [4.78, 5) is 33.9. The van der Waals surface area contributed by atoms with Crippen LogP contribution in [0.4, 0.5) is 5.69 Å². The Bertz CT molecular complexity index is 554. The van der Waals surface area contributed by atoms with Crippen LogP contribution in [0.3, 0.4) is 0 Å². The maximum Gasteiger partial charge on any atom is 0.308 e. The van der Waals surface area contributed by atoms with Gasteiger partial charge in [0, 0.05) is 30.1 Å². The Morgan fingerprint density at radius 1 is 1.04 bits per heavy atom. The highest BCUT2D eigenvalue weighted by Crippen LogP contribution is 2.36. The topological polar surface area (TPSA) is 81.7 Å². The molecule has 1 N–H and O–H groups in total. The highest BCUT2D eigenvalue weighted by molar-refractivity contribution is 8.00. The molecule has 0 spiro atoms. The van der Waals surface area contributed by atoms with E-state index < -0.39 is 5.91 Å². The number of nitrogens with one attached hydrogen (secondary N) is 1. The molecule has 1 aromatic rings. The Hall–Kier alpha value is -1.86. The molecule has 6 nitrogen and oxygen atoms in total. The maximum absolute atomic E-state index is 11.5. The van der Waals surface area contributed by atoms with Gasteiger partial charge in [-0.05, 0) is 49.9 Å². The molecule has 27 heavy (non-hydrogen) atoms. The Labute approximate surface area is 166 Å². The van der Waals surface area contributed by atoms with Gasteiger partial charge >= 0.3 is 5.97 Å². The average molecular weight is 398 g/mol. The van der Waals surface area contributed by atoms with E-state index in [0.29, 0.717) is 10.9 Å². The molecule has 1 fully saturated rings. The number of carbonyl (C=O) groups is 3. The number of methoxy groups -OCH3 is 2. The number of hydrogen-bond acceptors (Lipinski definition) is 6. The molecule has 1 aliphatic carbocycles. The summed E-state index contributed by atoms with van der Waals surface area (Å²) >= 11 is 1.78. The number of thioether (sulfide) groups is 1. The van der Waals surface area contributed by atoms with E-state index in [-0.39, 0.29) is 18.2 Å². The van der Waals surface area contributed by atoms with Crippen molar-refractivity contribution < 1.29 is 23.9 Å². The molecular formula is C20H31NO5S. The summed E-state index contributed by atoms with van der Waals surface area (Å²) in [5, 5.41) is 2.98. The number of anilines is 1. The SMILES string of the molecule is CC.COC.COC(=O)C1CCC(Sc2ccc(NC(=O)C=O)cc2)CC1. The van der Waals surface area contributed by atoms with Gasteiger partial charge < -0.3 is 14.8 Å². The molecule has 0 aliphatic heterocycles. The number of amides is 1. The van der Waals surface area contributed by atoms with E-state index in [0.717, 1.165) is 30.6 Å². The molecular weight excluding hydrogens is 366 g/mol. The van der Waals surface area contributed by atoms with Crippen LogP contribution in [-0.2, 0) is 23.9 Å². The van der Waals surface area contributed by atoms with Crippen molar-refractivity contribution in [3.63, 3.8) is 0 Å². The number of rotatable bonds is 5. The number of hydrogen-bond donors (Lipinski definition) is 1. The van der Waals surface area contributed by atoms with Crippen LogP contribution in [0.25, 0.3) is 0 Å². The van der Waals surface area contributed by atoms with Crippen molar-refractivity contribution in [2.45, 2.75) is 49.7 Å². The third kappa shape index (κ3) is 10.2. The van der Waals surface area contributed by atoms with E-state index >= 15 is 0 Å². The molecule has 0 bridgehead atoms. The van der Waals surface area contributed by atoms with Crippen molar-refractivity contribution in [1.82, 2.24) is 0 Å². The average Bonchev–Trinajstić information content (AvgIpc) is 2.71. The summed E-state index contributed by atoms with van der Waals surface area (Å²) in [5.74, 6) is -0.706. The summed E-state index contributed by atoms with van der Waals surface area (Å²) in [6, 6.07) is 7.42. The molecule has 0 heterocycles. The number of ether oxygens (including phenoxy) is 2. The van der Waals surface area contributed by atoms with Crippen LogP contribution in [0, 0.1) is 5.92 Å². The fraction of sp³-hybridized carbons (Fsp3) is 0.550. The zero-order valence-electron chi connectivity index (χ0n) is 16.8. The Morgan fingerprint density at radius 2 is 1.56 bits per heavy atom. The number of benzene rings is 1. The Kier molecular flexibility index (Phi) is 14.2. The monoisotopic (exact) mass is 397 g/mol. The smallest absolute Gasteiger partial charge is 0.308 e. The lowest BCUT2D eigenvalue weighted by atomic mass is 9.89. The van der Waals surface area contributed by atoms with Crippen molar-refractivity contribution >= 4 is 35.6 Å². The summed E-state index contributed by atoms with van der Waals surface area (Å²) in [6.07, 6.45) is 3.99. The molecule has 2 rings (SSSR count). The van der Waals surface area contributed by atoms with Gasteiger partial charge in [-0.1, -0.05) is 13.8 Å². The first-order chi connectivity index (χ1) is 13.0. The second-order valence-corrected chi connectivity index (χ2v) is 7.03. The van der Waals surface area contributed by atoms with Crippen molar-refractivity contribution in [3.05, 3.63) is 24.3 Å². The maximum atomic E-state index is 11.5. The number of esters is 1. The van der Waals surface area contributed by atoms with Crippen molar-refractivity contribution in [1.29, 1.82) is 0 Å². The van der Waals surface area contributed by atoms with Gasteiger partial charge in [-0.25, -0.2) is 0 Å². The van der Waals surface area contributed by atoms with Crippen LogP contribution in [0.15, 0.2) is 29.2 Å². The minimum absolute atomic E-state index is 0.0442. The minimum Gasteiger partial charge on any atom is -0.469 e. The molecule has 7 heteroatoms. The molecule has 0 radical (unpaired) electrons. The largest absolute Gasteiger partial charge is 0.469 e. The minimum atomic E-state index is -0.651. The van der Waals surface area contributed by atoms with E-state index in [2.05, 4.69) is 10.1 Å². The van der Waals surface area contributed by atoms with E-state index in [1.165, 1.54) is 7.11 Å². The summed E-state index contributed by atoms with van der Waals surface area (Å²) in [7, 11) is 4.69. The highest BCUT2D eigenvalue weighted by atomic mass is 32.2. The van der Waals surface area contributed by atoms with E-state index in [1.54, 1.807) is 38.1 Å². The number of carbonyl (C=O) groups excluding carboxylic acids is 3. The van der Waals surface area contributed by atoms with Gasteiger partial charge in [0.25, 0.3) is 5.91 Å². The van der Waals surface area contributed by atoms with Gasteiger partial charge in [-0.2, -0.15) is 0 Å². The van der Waals surface area contributed by atoms with Gasteiger partial charge in [0.2, 0.25) is 6.29 Å². The van der Waals surface area contributed by atoms with Gasteiger partial charge in [0.05, 0.1) is 13.0 Å². The zero-order valence-corrected chi connectivity index (χ0v) is 17.6. The fourth-order valence-electron chi connectivity index (χ4n) is 2.56. The lowest BCUT2D eigenvalue weighted by molar-refractivity contribution is -0.146. The Balaban J connectivity index is 0.00000123. The third-order valence-electron chi connectivity index (χ3n) is 3.74. The quantitative estimate of drug-likeness (QED) is 0.460. The normalized spacial score (nSPS) is 18.0. The van der Waals surface area contributed by atoms with E-state index in [9.17, 15) is 14.4 Å². The van der Waals surface area contributed by atoms with Gasteiger partial charge in [-0.3, -0.25) is 14.4 Å². The summed E-state index contributed by atoms with van der Waals surface area (Å²) in [6.45, 7) is 4.00. The summed E-state index contributed by atoms with van der Waals surface area (Å²) < 4.78 is 9.04.